The van der Waals surface area contributed by atoms with Gasteiger partial charge in [0.15, 0.2) is 5.96 Å². The Morgan fingerprint density at radius 2 is 1.90 bits per heavy atom. The van der Waals surface area contributed by atoms with Gasteiger partial charge in [-0.3, -0.25) is 4.90 Å². The number of hydrogen-bond acceptors (Lipinski definition) is 4. The van der Waals surface area contributed by atoms with Crippen LogP contribution in [0.4, 0.5) is 0 Å². The molecule has 2 fully saturated rings. The van der Waals surface area contributed by atoms with E-state index in [1.54, 1.807) is 0 Å². The zero-order valence-electron chi connectivity index (χ0n) is 19.1. The normalized spacial score (nSPS) is 19.8. The van der Waals surface area contributed by atoms with Crippen molar-refractivity contribution < 1.29 is 9.47 Å². The van der Waals surface area contributed by atoms with Crippen molar-refractivity contribution in [2.45, 2.75) is 52.1 Å². The maximum atomic E-state index is 5.77. The van der Waals surface area contributed by atoms with Crippen LogP contribution in [-0.2, 0) is 22.6 Å². The van der Waals surface area contributed by atoms with Crippen LogP contribution in [0, 0.1) is 5.92 Å². The minimum Gasteiger partial charge on any atom is -0.381 e. The van der Waals surface area contributed by atoms with E-state index in [0.29, 0.717) is 12.5 Å². The topological polar surface area (TPSA) is 58.1 Å². The molecule has 1 unspecified atom stereocenters. The van der Waals surface area contributed by atoms with Gasteiger partial charge in [-0.25, -0.2) is 4.99 Å². The highest BCUT2D eigenvalue weighted by atomic mass is 127. The van der Waals surface area contributed by atoms with Crippen LogP contribution in [0.2, 0.25) is 0 Å². The summed E-state index contributed by atoms with van der Waals surface area (Å²) in [5.41, 5.74) is 2.65. The van der Waals surface area contributed by atoms with E-state index in [4.69, 9.17) is 14.5 Å². The second-order valence-corrected chi connectivity index (χ2v) is 8.43. The fourth-order valence-corrected chi connectivity index (χ4v) is 3.98. The predicted molar refractivity (Wildman–Crippen MR) is 138 cm³/mol. The molecule has 2 heterocycles. The molecule has 0 spiro atoms. The van der Waals surface area contributed by atoms with Gasteiger partial charge in [0, 0.05) is 38.8 Å². The maximum Gasteiger partial charge on any atom is 0.191 e. The van der Waals surface area contributed by atoms with Crippen LogP contribution >= 0.6 is 24.0 Å². The number of guanidine groups is 1. The molecule has 2 aliphatic heterocycles. The molecule has 0 saturated carbocycles. The third kappa shape index (κ3) is 10.5. The Bertz CT molecular complexity index is 615. The summed E-state index contributed by atoms with van der Waals surface area (Å²) >= 11 is 0. The van der Waals surface area contributed by atoms with Crippen molar-refractivity contribution in [3.63, 3.8) is 0 Å². The number of benzene rings is 1. The lowest BCUT2D eigenvalue weighted by molar-refractivity contribution is 0.0888. The lowest BCUT2D eigenvalue weighted by Crippen LogP contribution is -2.38. The van der Waals surface area contributed by atoms with Crippen molar-refractivity contribution in [2.24, 2.45) is 10.9 Å². The van der Waals surface area contributed by atoms with Gasteiger partial charge in [0.25, 0.3) is 0 Å². The molecule has 1 aromatic rings. The van der Waals surface area contributed by atoms with E-state index in [9.17, 15) is 0 Å². The first-order chi connectivity index (χ1) is 14.8. The highest BCUT2D eigenvalue weighted by Gasteiger charge is 2.15. The summed E-state index contributed by atoms with van der Waals surface area (Å²) in [5, 5.41) is 6.74. The Kier molecular flexibility index (Phi) is 13.5. The molecule has 6 nitrogen and oxygen atoms in total. The number of halogens is 1. The minimum atomic E-state index is 0. The highest BCUT2D eigenvalue weighted by Crippen LogP contribution is 2.14. The summed E-state index contributed by atoms with van der Waals surface area (Å²) in [6.07, 6.45) is 6.18. The van der Waals surface area contributed by atoms with Gasteiger partial charge < -0.3 is 20.1 Å². The Hall–Kier alpha value is -0.900. The molecular weight excluding hydrogens is 503 g/mol. The third-order valence-electron chi connectivity index (χ3n) is 5.78. The summed E-state index contributed by atoms with van der Waals surface area (Å²) in [5.74, 6) is 1.46. The summed E-state index contributed by atoms with van der Waals surface area (Å²) in [4.78, 5) is 7.30. The van der Waals surface area contributed by atoms with Gasteiger partial charge in [0.2, 0.25) is 0 Å². The number of likely N-dealkylation sites (tertiary alicyclic amines) is 1. The first kappa shape index (κ1) is 26.4. The van der Waals surface area contributed by atoms with Crippen molar-refractivity contribution in [2.75, 3.05) is 52.6 Å². The summed E-state index contributed by atoms with van der Waals surface area (Å²) < 4.78 is 11.1. The molecule has 0 bridgehead atoms. The monoisotopic (exact) mass is 544 g/mol. The summed E-state index contributed by atoms with van der Waals surface area (Å²) in [7, 11) is 0. The predicted octanol–water partition coefficient (Wildman–Crippen LogP) is 3.79. The van der Waals surface area contributed by atoms with E-state index in [1.807, 2.05) is 0 Å². The Morgan fingerprint density at radius 1 is 1.13 bits per heavy atom. The average Bonchev–Trinajstić information content (AvgIpc) is 3.30. The van der Waals surface area contributed by atoms with Gasteiger partial charge in [0.05, 0.1) is 19.8 Å². The van der Waals surface area contributed by atoms with Crippen LogP contribution in [0.3, 0.4) is 0 Å². The fraction of sp³-hybridized carbons (Fsp3) is 0.708. The number of nitrogens with one attached hydrogen (secondary N) is 2. The standard InChI is InChI=1S/C24H40N4O2.HI/c1-2-25-24(26-12-6-15-29-19-23-11-16-30-20-23)27-17-21-7-9-22(10-8-21)18-28-13-4-3-5-14-28;/h7-10,23H,2-6,11-20H2,1H3,(H2,25,26,27);1H. The van der Waals surface area contributed by atoms with Crippen LogP contribution in [0.15, 0.2) is 29.3 Å². The molecule has 2 saturated heterocycles. The third-order valence-corrected chi connectivity index (χ3v) is 5.78. The number of ether oxygens (including phenoxy) is 2. The van der Waals surface area contributed by atoms with E-state index in [2.05, 4.69) is 46.7 Å². The molecule has 1 atom stereocenters. The highest BCUT2D eigenvalue weighted by molar-refractivity contribution is 14.0. The Balaban J connectivity index is 0.00000341. The number of rotatable bonds is 11. The fourth-order valence-electron chi connectivity index (χ4n) is 3.98. The molecule has 3 rings (SSSR count). The summed E-state index contributed by atoms with van der Waals surface area (Å²) in [6.45, 7) is 11.4. The van der Waals surface area contributed by atoms with E-state index in [-0.39, 0.29) is 24.0 Å². The second kappa shape index (κ2) is 15.8. The first-order valence-corrected chi connectivity index (χ1v) is 11.8. The van der Waals surface area contributed by atoms with Crippen molar-refractivity contribution in [1.29, 1.82) is 0 Å². The van der Waals surface area contributed by atoms with E-state index in [0.717, 1.165) is 64.9 Å². The van der Waals surface area contributed by atoms with Gasteiger partial charge >= 0.3 is 0 Å². The van der Waals surface area contributed by atoms with Gasteiger partial charge in [-0.1, -0.05) is 30.7 Å². The quantitative estimate of drug-likeness (QED) is 0.192. The molecule has 0 aliphatic carbocycles. The molecule has 0 radical (unpaired) electrons. The molecule has 176 valence electrons. The number of piperidine rings is 1. The van der Waals surface area contributed by atoms with Crippen LogP contribution in [0.1, 0.15) is 50.2 Å². The van der Waals surface area contributed by atoms with Crippen LogP contribution in [-0.4, -0.2) is 63.5 Å². The molecule has 0 aromatic heterocycles. The SMILES string of the molecule is CCNC(=NCc1ccc(CN2CCCCC2)cc1)NCCCOCC1CCOC1.I. The lowest BCUT2D eigenvalue weighted by atomic mass is 10.1. The van der Waals surface area contributed by atoms with Gasteiger partial charge in [-0.05, 0) is 56.8 Å². The number of nitrogens with zero attached hydrogens (tertiary/aromatic N) is 2. The van der Waals surface area contributed by atoms with Crippen LogP contribution in [0.25, 0.3) is 0 Å². The molecule has 0 amide bonds. The first-order valence-electron chi connectivity index (χ1n) is 11.8. The van der Waals surface area contributed by atoms with E-state index < -0.39 is 0 Å². The molecule has 2 N–H and O–H groups in total. The van der Waals surface area contributed by atoms with E-state index >= 15 is 0 Å². The van der Waals surface area contributed by atoms with Gasteiger partial charge in [-0.2, -0.15) is 0 Å². The summed E-state index contributed by atoms with van der Waals surface area (Å²) in [6, 6.07) is 8.94. The van der Waals surface area contributed by atoms with Crippen LogP contribution < -0.4 is 10.6 Å². The van der Waals surface area contributed by atoms with Crippen LogP contribution in [0.5, 0.6) is 0 Å². The molecular formula is C24H41IN4O2. The lowest BCUT2D eigenvalue weighted by Gasteiger charge is -2.26. The minimum absolute atomic E-state index is 0. The van der Waals surface area contributed by atoms with Crippen molar-refractivity contribution >= 4 is 29.9 Å². The smallest absolute Gasteiger partial charge is 0.191 e. The zero-order valence-corrected chi connectivity index (χ0v) is 21.4. The maximum absolute atomic E-state index is 5.77. The van der Waals surface area contributed by atoms with Crippen molar-refractivity contribution in [3.05, 3.63) is 35.4 Å². The number of hydrogen-bond donors (Lipinski definition) is 2. The van der Waals surface area contributed by atoms with Gasteiger partial charge in [-0.15, -0.1) is 24.0 Å². The average molecular weight is 545 g/mol. The molecule has 7 heteroatoms. The van der Waals surface area contributed by atoms with Crippen molar-refractivity contribution in [1.82, 2.24) is 15.5 Å². The van der Waals surface area contributed by atoms with Gasteiger partial charge in [0.1, 0.15) is 0 Å². The van der Waals surface area contributed by atoms with Crippen molar-refractivity contribution in [3.8, 4) is 0 Å². The Labute approximate surface area is 205 Å². The van der Waals surface area contributed by atoms with E-state index in [1.165, 1.54) is 43.5 Å². The second-order valence-electron chi connectivity index (χ2n) is 8.43. The molecule has 1 aromatic carbocycles. The molecule has 31 heavy (non-hydrogen) atoms. The molecule has 2 aliphatic rings. The largest absolute Gasteiger partial charge is 0.381 e. The zero-order chi connectivity index (χ0) is 20.9. The Morgan fingerprint density at radius 3 is 2.61 bits per heavy atom. The number of aliphatic imine (C=N–C) groups is 1.